The molecule has 1 heterocycles. The van der Waals surface area contributed by atoms with Gasteiger partial charge in [0, 0.05) is 18.2 Å². The van der Waals surface area contributed by atoms with E-state index in [0.717, 1.165) is 5.56 Å². The fraction of sp³-hybridized carbons (Fsp3) is 0.182. The van der Waals surface area contributed by atoms with E-state index < -0.39 is 0 Å². The Balaban J connectivity index is 2.19. The predicted octanol–water partition coefficient (Wildman–Crippen LogP) is 1.52. The molecule has 0 aliphatic heterocycles. The number of aromatic nitrogens is 2. The van der Waals surface area contributed by atoms with Crippen LogP contribution in [-0.4, -0.2) is 16.1 Å². The molecule has 6 nitrogen and oxygen atoms in total. The van der Waals surface area contributed by atoms with Gasteiger partial charge in [0.05, 0.1) is 0 Å². The summed E-state index contributed by atoms with van der Waals surface area (Å²) in [6, 6.07) is 5.18. The van der Waals surface area contributed by atoms with Crippen LogP contribution in [0.5, 0.6) is 0 Å². The Morgan fingerprint density at radius 2 is 2.06 bits per heavy atom. The Morgan fingerprint density at radius 1 is 1.29 bits per heavy atom. The van der Waals surface area contributed by atoms with E-state index in [1.165, 1.54) is 0 Å². The second-order valence-electron chi connectivity index (χ2n) is 3.71. The van der Waals surface area contributed by atoms with Crippen LogP contribution < -0.4 is 11.1 Å². The van der Waals surface area contributed by atoms with Crippen LogP contribution in [-0.2, 0) is 0 Å². The number of aryl methyl sites for hydroxylation is 2. The molecule has 1 amide bonds. The first-order valence-corrected chi connectivity index (χ1v) is 5.03. The molecule has 0 fully saturated rings. The molecular formula is C11H12N4O2. The molecule has 17 heavy (non-hydrogen) atoms. The van der Waals surface area contributed by atoms with Gasteiger partial charge in [-0.15, -0.1) is 5.10 Å². The van der Waals surface area contributed by atoms with Crippen LogP contribution in [0.15, 0.2) is 22.6 Å². The summed E-state index contributed by atoms with van der Waals surface area (Å²) in [5, 5.41) is 9.79. The summed E-state index contributed by atoms with van der Waals surface area (Å²) in [7, 11) is 0. The maximum atomic E-state index is 11.8. The van der Waals surface area contributed by atoms with Gasteiger partial charge in [0.25, 0.3) is 5.91 Å². The van der Waals surface area contributed by atoms with Crippen molar-refractivity contribution in [3.63, 3.8) is 0 Å². The highest BCUT2D eigenvalue weighted by atomic mass is 16.4. The summed E-state index contributed by atoms with van der Waals surface area (Å²) in [4.78, 5) is 11.8. The average molecular weight is 232 g/mol. The quantitative estimate of drug-likeness (QED) is 0.765. The van der Waals surface area contributed by atoms with Crippen molar-refractivity contribution in [2.75, 3.05) is 11.1 Å². The zero-order valence-corrected chi connectivity index (χ0v) is 9.52. The number of carbonyl (C=O) groups is 1. The topological polar surface area (TPSA) is 94.0 Å². The second-order valence-corrected chi connectivity index (χ2v) is 3.71. The van der Waals surface area contributed by atoms with E-state index in [2.05, 4.69) is 15.5 Å². The number of rotatable bonds is 2. The van der Waals surface area contributed by atoms with Crippen LogP contribution in [0, 0.1) is 13.8 Å². The molecule has 2 aromatic rings. The van der Waals surface area contributed by atoms with Crippen molar-refractivity contribution in [2.45, 2.75) is 13.8 Å². The van der Waals surface area contributed by atoms with Gasteiger partial charge >= 0.3 is 6.01 Å². The summed E-state index contributed by atoms with van der Waals surface area (Å²) in [5.41, 5.74) is 7.57. The highest BCUT2D eigenvalue weighted by molar-refractivity contribution is 6.03. The van der Waals surface area contributed by atoms with E-state index in [1.54, 1.807) is 25.1 Å². The normalized spacial score (nSPS) is 10.2. The molecule has 0 radical (unpaired) electrons. The molecule has 6 heteroatoms. The molecule has 0 atom stereocenters. The second kappa shape index (κ2) is 4.25. The smallest absolute Gasteiger partial charge is 0.322 e. The minimum absolute atomic E-state index is 0.0765. The van der Waals surface area contributed by atoms with E-state index in [4.69, 9.17) is 10.2 Å². The molecule has 1 aromatic carbocycles. The van der Waals surface area contributed by atoms with Crippen LogP contribution in [0.25, 0.3) is 0 Å². The number of nitrogens with one attached hydrogen (secondary N) is 1. The van der Waals surface area contributed by atoms with Crippen LogP contribution in [0.2, 0.25) is 0 Å². The Kier molecular flexibility index (Phi) is 2.78. The van der Waals surface area contributed by atoms with Crippen molar-refractivity contribution in [3.8, 4) is 0 Å². The fourth-order valence-corrected chi connectivity index (χ4v) is 1.46. The first-order chi connectivity index (χ1) is 8.04. The number of hydrogen-bond donors (Lipinski definition) is 2. The molecule has 0 spiro atoms. The highest BCUT2D eigenvalue weighted by Gasteiger charge is 2.10. The van der Waals surface area contributed by atoms with Gasteiger partial charge < -0.3 is 10.2 Å². The molecule has 0 aliphatic carbocycles. The van der Waals surface area contributed by atoms with E-state index in [1.807, 2.05) is 6.92 Å². The van der Waals surface area contributed by atoms with Crippen molar-refractivity contribution >= 4 is 17.6 Å². The van der Waals surface area contributed by atoms with Gasteiger partial charge in [-0.2, -0.15) is 0 Å². The Hall–Kier alpha value is -2.37. The van der Waals surface area contributed by atoms with Crippen LogP contribution in [0.3, 0.4) is 0 Å². The van der Waals surface area contributed by atoms with Gasteiger partial charge in [0.15, 0.2) is 0 Å². The number of nitrogens with zero attached hydrogens (tertiary/aromatic N) is 2. The zero-order valence-electron chi connectivity index (χ0n) is 9.52. The van der Waals surface area contributed by atoms with Gasteiger partial charge in [-0.25, -0.2) is 0 Å². The SMILES string of the molecule is Cc1cc(N)cc(C(=O)Nc2nnc(C)o2)c1. The largest absolute Gasteiger partial charge is 0.408 e. The summed E-state index contributed by atoms with van der Waals surface area (Å²) < 4.78 is 5.05. The highest BCUT2D eigenvalue weighted by Crippen LogP contribution is 2.13. The molecule has 0 bridgehead atoms. The van der Waals surface area contributed by atoms with Crippen LogP contribution in [0.4, 0.5) is 11.7 Å². The molecule has 88 valence electrons. The van der Waals surface area contributed by atoms with Crippen molar-refractivity contribution < 1.29 is 9.21 Å². The number of carbonyl (C=O) groups excluding carboxylic acids is 1. The van der Waals surface area contributed by atoms with Crippen molar-refractivity contribution in [3.05, 3.63) is 35.2 Å². The lowest BCUT2D eigenvalue weighted by Gasteiger charge is -2.03. The lowest BCUT2D eigenvalue weighted by molar-refractivity contribution is 0.102. The van der Waals surface area contributed by atoms with E-state index in [-0.39, 0.29) is 11.9 Å². The molecular weight excluding hydrogens is 220 g/mol. The van der Waals surface area contributed by atoms with Crippen molar-refractivity contribution in [2.24, 2.45) is 0 Å². The summed E-state index contributed by atoms with van der Waals surface area (Å²) >= 11 is 0. The van der Waals surface area contributed by atoms with E-state index in [9.17, 15) is 4.79 Å². The summed E-state index contributed by atoms with van der Waals surface area (Å²) in [5.74, 6) is 0.0631. The van der Waals surface area contributed by atoms with E-state index in [0.29, 0.717) is 17.1 Å². The minimum atomic E-state index is -0.330. The Morgan fingerprint density at radius 3 is 2.65 bits per heavy atom. The number of hydrogen-bond acceptors (Lipinski definition) is 5. The molecule has 2 rings (SSSR count). The zero-order chi connectivity index (χ0) is 12.4. The van der Waals surface area contributed by atoms with Gasteiger partial charge in [-0.05, 0) is 30.7 Å². The number of amides is 1. The number of nitrogens with two attached hydrogens (primary N) is 1. The van der Waals surface area contributed by atoms with Crippen LogP contribution >= 0.6 is 0 Å². The van der Waals surface area contributed by atoms with Gasteiger partial charge in [0.2, 0.25) is 5.89 Å². The van der Waals surface area contributed by atoms with Crippen molar-refractivity contribution in [1.82, 2.24) is 10.2 Å². The standard InChI is InChI=1S/C11H12N4O2/c1-6-3-8(5-9(12)4-6)10(16)13-11-15-14-7(2)17-11/h3-5H,12H2,1-2H3,(H,13,15,16). The maximum Gasteiger partial charge on any atom is 0.322 e. The van der Waals surface area contributed by atoms with Gasteiger partial charge in [-0.1, -0.05) is 5.10 Å². The summed E-state index contributed by atoms with van der Waals surface area (Å²) in [6.07, 6.45) is 0. The third kappa shape index (κ3) is 2.60. The van der Waals surface area contributed by atoms with Crippen molar-refractivity contribution in [1.29, 1.82) is 0 Å². The molecule has 0 unspecified atom stereocenters. The molecule has 0 saturated heterocycles. The van der Waals surface area contributed by atoms with E-state index >= 15 is 0 Å². The fourth-order valence-electron chi connectivity index (χ4n) is 1.46. The minimum Gasteiger partial charge on any atom is -0.408 e. The Bertz CT molecular complexity index is 542. The monoisotopic (exact) mass is 232 g/mol. The van der Waals surface area contributed by atoms with Gasteiger partial charge in [0.1, 0.15) is 0 Å². The molecule has 3 N–H and O–H groups in total. The molecule has 0 aliphatic rings. The van der Waals surface area contributed by atoms with Gasteiger partial charge in [-0.3, -0.25) is 10.1 Å². The third-order valence-corrected chi connectivity index (χ3v) is 2.11. The number of nitrogen functional groups attached to an aromatic ring is 1. The lowest BCUT2D eigenvalue weighted by Crippen LogP contribution is -2.12. The number of benzene rings is 1. The maximum absolute atomic E-state index is 11.8. The lowest BCUT2D eigenvalue weighted by atomic mass is 10.1. The average Bonchev–Trinajstić information content (AvgIpc) is 2.62. The summed E-state index contributed by atoms with van der Waals surface area (Å²) in [6.45, 7) is 3.51. The number of anilines is 2. The molecule has 1 aromatic heterocycles. The van der Waals surface area contributed by atoms with Crippen LogP contribution in [0.1, 0.15) is 21.8 Å². The molecule has 0 saturated carbocycles. The third-order valence-electron chi connectivity index (χ3n) is 2.11. The predicted molar refractivity (Wildman–Crippen MR) is 62.6 cm³/mol. The Labute approximate surface area is 97.8 Å². The first kappa shape index (κ1) is 11.1. The first-order valence-electron chi connectivity index (χ1n) is 5.03.